The van der Waals surface area contributed by atoms with Crippen molar-refractivity contribution in [1.29, 1.82) is 0 Å². The molecule has 1 aromatic carbocycles. The van der Waals surface area contributed by atoms with E-state index in [0.29, 0.717) is 11.3 Å². The van der Waals surface area contributed by atoms with Gasteiger partial charge in [0, 0.05) is 5.56 Å². The van der Waals surface area contributed by atoms with Crippen LogP contribution in [0.2, 0.25) is 0 Å². The molecule has 3 nitrogen and oxygen atoms in total. The molecule has 0 spiro atoms. The van der Waals surface area contributed by atoms with Gasteiger partial charge in [0.1, 0.15) is 5.75 Å². The van der Waals surface area contributed by atoms with Crippen molar-refractivity contribution >= 4 is 21.8 Å². The smallest absolute Gasteiger partial charge is 0.248 e. The quantitative estimate of drug-likeness (QED) is 0.837. The van der Waals surface area contributed by atoms with Crippen molar-refractivity contribution < 1.29 is 9.53 Å². The highest BCUT2D eigenvalue weighted by molar-refractivity contribution is 9.10. The predicted molar refractivity (Wildman–Crippen MR) is 49.2 cm³/mol. The molecule has 2 N–H and O–H groups in total. The van der Waals surface area contributed by atoms with Gasteiger partial charge in [-0.15, -0.1) is 0 Å². The lowest BCUT2D eigenvalue weighted by Gasteiger charge is -2.03. The van der Waals surface area contributed by atoms with Crippen LogP contribution in [0.15, 0.2) is 22.7 Å². The summed E-state index contributed by atoms with van der Waals surface area (Å²) in [5.41, 5.74) is 5.52. The van der Waals surface area contributed by atoms with Gasteiger partial charge in [0.2, 0.25) is 5.91 Å². The molecule has 0 heterocycles. The largest absolute Gasteiger partial charge is 0.496 e. The highest BCUT2D eigenvalue weighted by atomic mass is 79.9. The second-order valence-corrected chi connectivity index (χ2v) is 3.07. The molecular weight excluding hydrogens is 222 g/mol. The lowest BCUT2D eigenvalue weighted by atomic mass is 10.2. The van der Waals surface area contributed by atoms with E-state index in [9.17, 15) is 4.79 Å². The summed E-state index contributed by atoms with van der Waals surface area (Å²) < 4.78 is 5.78. The van der Waals surface area contributed by atoms with Gasteiger partial charge in [-0.2, -0.15) is 0 Å². The second kappa shape index (κ2) is 3.58. The number of amides is 1. The number of carbonyl (C=O) groups is 1. The number of hydrogen-bond donors (Lipinski definition) is 1. The molecule has 0 aliphatic carbocycles. The summed E-state index contributed by atoms with van der Waals surface area (Å²) in [6.07, 6.45) is 0. The number of halogens is 1. The Morgan fingerprint density at radius 1 is 1.58 bits per heavy atom. The molecule has 1 amide bonds. The van der Waals surface area contributed by atoms with Crippen LogP contribution in [0.4, 0.5) is 0 Å². The Balaban J connectivity index is 3.13. The molecule has 0 fully saturated rings. The first-order chi connectivity index (χ1) is 5.65. The lowest BCUT2D eigenvalue weighted by Crippen LogP contribution is -2.10. The van der Waals surface area contributed by atoms with E-state index in [1.165, 1.54) is 7.11 Å². The molecule has 0 aromatic heterocycles. The zero-order valence-electron chi connectivity index (χ0n) is 6.50. The monoisotopic (exact) mass is 229 g/mol. The average molecular weight is 230 g/mol. The number of benzene rings is 1. The van der Waals surface area contributed by atoms with Crippen LogP contribution in [0, 0.1) is 0 Å². The standard InChI is InChI=1S/C8H8BrNO2/c1-12-7-4-5(8(10)11)2-3-6(7)9/h2-4H,1H3,(H2,10,11). The SMILES string of the molecule is COc1cc(C(N)=O)ccc1Br. The molecule has 64 valence electrons. The molecule has 0 saturated carbocycles. The fraction of sp³-hybridized carbons (Fsp3) is 0.125. The van der Waals surface area contributed by atoms with Crippen LogP contribution in [0.3, 0.4) is 0 Å². The Morgan fingerprint density at radius 2 is 2.25 bits per heavy atom. The normalized spacial score (nSPS) is 9.50. The fourth-order valence-corrected chi connectivity index (χ4v) is 1.22. The van der Waals surface area contributed by atoms with Crippen LogP contribution in [0.5, 0.6) is 5.75 Å². The first-order valence-electron chi connectivity index (χ1n) is 3.28. The number of hydrogen-bond acceptors (Lipinski definition) is 2. The Bertz CT molecular complexity index is 312. The van der Waals surface area contributed by atoms with Gasteiger partial charge in [-0.05, 0) is 34.1 Å². The topological polar surface area (TPSA) is 52.3 Å². The van der Waals surface area contributed by atoms with E-state index < -0.39 is 5.91 Å². The van der Waals surface area contributed by atoms with Crippen LogP contribution in [0.25, 0.3) is 0 Å². The Morgan fingerprint density at radius 3 is 2.75 bits per heavy atom. The van der Waals surface area contributed by atoms with Gasteiger partial charge in [0.05, 0.1) is 11.6 Å². The Labute approximate surface area is 78.6 Å². The maximum Gasteiger partial charge on any atom is 0.248 e. The van der Waals surface area contributed by atoms with Gasteiger partial charge in [-0.3, -0.25) is 4.79 Å². The summed E-state index contributed by atoms with van der Waals surface area (Å²) in [4.78, 5) is 10.7. The summed E-state index contributed by atoms with van der Waals surface area (Å²) in [6, 6.07) is 4.94. The van der Waals surface area contributed by atoms with Gasteiger partial charge in [-0.1, -0.05) is 0 Å². The Kier molecular flexibility index (Phi) is 2.70. The van der Waals surface area contributed by atoms with E-state index in [1.54, 1.807) is 18.2 Å². The zero-order chi connectivity index (χ0) is 9.14. The molecule has 1 rings (SSSR count). The molecule has 0 radical (unpaired) electrons. The van der Waals surface area contributed by atoms with Crippen LogP contribution in [0.1, 0.15) is 10.4 Å². The van der Waals surface area contributed by atoms with Crippen molar-refractivity contribution in [3.63, 3.8) is 0 Å². The van der Waals surface area contributed by atoms with Gasteiger partial charge in [0.15, 0.2) is 0 Å². The van der Waals surface area contributed by atoms with Crippen molar-refractivity contribution in [3.8, 4) is 5.75 Å². The summed E-state index contributed by atoms with van der Waals surface area (Å²) in [5, 5.41) is 0. The second-order valence-electron chi connectivity index (χ2n) is 2.21. The molecule has 12 heavy (non-hydrogen) atoms. The van der Waals surface area contributed by atoms with Gasteiger partial charge in [-0.25, -0.2) is 0 Å². The number of nitrogens with two attached hydrogens (primary N) is 1. The van der Waals surface area contributed by atoms with Crippen molar-refractivity contribution in [3.05, 3.63) is 28.2 Å². The minimum Gasteiger partial charge on any atom is -0.496 e. The number of carbonyl (C=O) groups excluding carboxylic acids is 1. The van der Waals surface area contributed by atoms with E-state index >= 15 is 0 Å². The molecule has 1 aromatic rings. The summed E-state index contributed by atoms with van der Waals surface area (Å²) in [7, 11) is 1.53. The highest BCUT2D eigenvalue weighted by Crippen LogP contribution is 2.25. The fourth-order valence-electron chi connectivity index (χ4n) is 0.813. The van der Waals surface area contributed by atoms with E-state index in [-0.39, 0.29) is 0 Å². The van der Waals surface area contributed by atoms with Crippen LogP contribution in [-0.4, -0.2) is 13.0 Å². The number of methoxy groups -OCH3 is 1. The molecule has 0 saturated heterocycles. The van der Waals surface area contributed by atoms with E-state index in [2.05, 4.69) is 15.9 Å². The number of ether oxygens (including phenoxy) is 1. The lowest BCUT2D eigenvalue weighted by molar-refractivity contribution is 0.1000. The molecular formula is C8H8BrNO2. The zero-order valence-corrected chi connectivity index (χ0v) is 8.09. The Hall–Kier alpha value is -1.03. The van der Waals surface area contributed by atoms with Crippen molar-refractivity contribution in [2.24, 2.45) is 5.73 Å². The average Bonchev–Trinajstić information content (AvgIpc) is 2.05. The van der Waals surface area contributed by atoms with Crippen LogP contribution < -0.4 is 10.5 Å². The minimum absolute atomic E-state index is 0.440. The van der Waals surface area contributed by atoms with Crippen molar-refractivity contribution in [2.45, 2.75) is 0 Å². The van der Waals surface area contributed by atoms with Crippen molar-refractivity contribution in [1.82, 2.24) is 0 Å². The van der Waals surface area contributed by atoms with Crippen molar-refractivity contribution in [2.75, 3.05) is 7.11 Å². The number of primary amides is 1. The predicted octanol–water partition coefficient (Wildman–Crippen LogP) is 1.56. The molecule has 0 unspecified atom stereocenters. The maximum atomic E-state index is 10.7. The molecule has 0 aliphatic rings. The third kappa shape index (κ3) is 1.76. The van der Waals surface area contributed by atoms with E-state index in [0.717, 1.165) is 4.47 Å². The summed E-state index contributed by atoms with van der Waals surface area (Å²) in [6.45, 7) is 0. The van der Waals surface area contributed by atoms with Crippen LogP contribution in [-0.2, 0) is 0 Å². The van der Waals surface area contributed by atoms with Gasteiger partial charge < -0.3 is 10.5 Å². The molecule has 0 atom stereocenters. The van der Waals surface area contributed by atoms with E-state index in [1.807, 2.05) is 0 Å². The van der Waals surface area contributed by atoms with Gasteiger partial charge >= 0.3 is 0 Å². The summed E-state index contributed by atoms with van der Waals surface area (Å²) in [5.74, 6) is 0.145. The number of rotatable bonds is 2. The molecule has 0 bridgehead atoms. The van der Waals surface area contributed by atoms with Crippen LogP contribution >= 0.6 is 15.9 Å². The summed E-state index contributed by atoms with van der Waals surface area (Å²) >= 11 is 3.26. The highest BCUT2D eigenvalue weighted by Gasteiger charge is 2.04. The maximum absolute atomic E-state index is 10.7. The minimum atomic E-state index is -0.458. The van der Waals surface area contributed by atoms with E-state index in [4.69, 9.17) is 10.5 Å². The molecule has 0 aliphatic heterocycles. The first kappa shape index (κ1) is 9.06. The third-order valence-electron chi connectivity index (χ3n) is 1.44. The van der Waals surface area contributed by atoms with Gasteiger partial charge in [0.25, 0.3) is 0 Å². The third-order valence-corrected chi connectivity index (χ3v) is 2.09. The molecule has 4 heteroatoms. The first-order valence-corrected chi connectivity index (χ1v) is 4.08.